The van der Waals surface area contributed by atoms with Crippen molar-refractivity contribution in [1.29, 1.82) is 5.26 Å². The molecule has 0 aliphatic rings. The molecule has 0 fully saturated rings. The van der Waals surface area contributed by atoms with Gasteiger partial charge in [-0.15, -0.1) is 0 Å². The number of hydrogen-bond donors (Lipinski definition) is 0. The zero-order valence-corrected chi connectivity index (χ0v) is 8.56. The van der Waals surface area contributed by atoms with Gasteiger partial charge in [-0.2, -0.15) is 5.26 Å². The van der Waals surface area contributed by atoms with Crippen LogP contribution in [0.5, 0.6) is 0 Å². The molecule has 0 unspecified atom stereocenters. The fourth-order valence-corrected chi connectivity index (χ4v) is 1.55. The molecule has 0 saturated heterocycles. The summed E-state index contributed by atoms with van der Waals surface area (Å²) in [6, 6.07) is 2.06. The first-order valence-electron chi connectivity index (χ1n) is 3.49. The molecule has 0 amide bonds. The second-order valence-corrected chi connectivity index (χ2v) is 5.03. The van der Waals surface area contributed by atoms with Crippen LogP contribution in [0, 0.1) is 11.3 Å². The molecule has 80 valence electrons. The van der Waals surface area contributed by atoms with Crippen LogP contribution in [0.2, 0.25) is 0 Å². The Hall–Kier alpha value is -1.26. The van der Waals surface area contributed by atoms with E-state index < -0.39 is 31.6 Å². The molecule has 0 aliphatic heterocycles. The third-order valence-corrected chi connectivity index (χ3v) is 2.84. The van der Waals surface area contributed by atoms with Crippen LogP contribution >= 0.6 is 10.7 Å². The summed E-state index contributed by atoms with van der Waals surface area (Å²) in [4.78, 5) is 2.72. The SMILES string of the molecule is N#Cc1ncc(S(=O)(=O)Cl)cc1C(F)F. The maximum Gasteiger partial charge on any atom is 0.266 e. The monoisotopic (exact) mass is 252 g/mol. The van der Waals surface area contributed by atoms with Gasteiger partial charge < -0.3 is 0 Å². The highest BCUT2D eigenvalue weighted by Gasteiger charge is 2.19. The average Bonchev–Trinajstić information content (AvgIpc) is 2.15. The Bertz CT molecular complexity index is 524. The van der Waals surface area contributed by atoms with E-state index in [4.69, 9.17) is 15.9 Å². The molecule has 0 saturated carbocycles. The van der Waals surface area contributed by atoms with Crippen LogP contribution in [-0.4, -0.2) is 13.4 Å². The number of pyridine rings is 1. The van der Waals surface area contributed by atoms with Crippen molar-refractivity contribution >= 4 is 19.7 Å². The minimum Gasteiger partial charge on any atom is -0.244 e. The van der Waals surface area contributed by atoms with Gasteiger partial charge in [0.05, 0.1) is 5.56 Å². The lowest BCUT2D eigenvalue weighted by Crippen LogP contribution is -1.99. The molecule has 0 radical (unpaired) electrons. The fraction of sp³-hybridized carbons (Fsp3) is 0.143. The average molecular weight is 253 g/mol. The molecule has 1 rings (SSSR count). The third-order valence-electron chi connectivity index (χ3n) is 1.51. The van der Waals surface area contributed by atoms with E-state index in [0.717, 1.165) is 6.20 Å². The van der Waals surface area contributed by atoms with Crippen molar-refractivity contribution < 1.29 is 17.2 Å². The van der Waals surface area contributed by atoms with Crippen LogP contribution < -0.4 is 0 Å². The van der Waals surface area contributed by atoms with Gasteiger partial charge in [-0.05, 0) is 6.07 Å². The van der Waals surface area contributed by atoms with Gasteiger partial charge in [0.1, 0.15) is 16.7 Å². The number of alkyl halides is 2. The molecular weight excluding hydrogens is 250 g/mol. The van der Waals surface area contributed by atoms with E-state index in [-0.39, 0.29) is 0 Å². The van der Waals surface area contributed by atoms with Crippen LogP contribution in [-0.2, 0) is 9.05 Å². The normalized spacial score (nSPS) is 11.4. The van der Waals surface area contributed by atoms with Crippen molar-refractivity contribution in [2.75, 3.05) is 0 Å². The van der Waals surface area contributed by atoms with E-state index in [1.165, 1.54) is 6.07 Å². The molecule has 1 aromatic heterocycles. The van der Waals surface area contributed by atoms with Gasteiger partial charge in [0.2, 0.25) is 0 Å². The summed E-state index contributed by atoms with van der Waals surface area (Å²) in [5.41, 5.74) is -1.27. The maximum absolute atomic E-state index is 12.4. The molecule has 1 aromatic rings. The van der Waals surface area contributed by atoms with Gasteiger partial charge in [0, 0.05) is 16.9 Å². The van der Waals surface area contributed by atoms with Gasteiger partial charge in [-0.25, -0.2) is 22.2 Å². The van der Waals surface area contributed by atoms with Crippen LogP contribution in [0.4, 0.5) is 8.78 Å². The number of rotatable bonds is 2. The largest absolute Gasteiger partial charge is 0.266 e. The van der Waals surface area contributed by atoms with Crippen molar-refractivity contribution in [3.05, 3.63) is 23.5 Å². The van der Waals surface area contributed by atoms with E-state index in [0.29, 0.717) is 6.07 Å². The van der Waals surface area contributed by atoms with E-state index in [1.807, 2.05) is 0 Å². The van der Waals surface area contributed by atoms with E-state index in [9.17, 15) is 17.2 Å². The second kappa shape index (κ2) is 4.08. The van der Waals surface area contributed by atoms with E-state index in [1.54, 1.807) is 0 Å². The van der Waals surface area contributed by atoms with Crippen LogP contribution in [0.25, 0.3) is 0 Å². The molecule has 0 atom stereocenters. The third kappa shape index (κ3) is 2.61. The second-order valence-electron chi connectivity index (χ2n) is 2.46. The predicted molar refractivity (Wildman–Crippen MR) is 46.9 cm³/mol. The first-order valence-corrected chi connectivity index (χ1v) is 5.80. The summed E-state index contributed by atoms with van der Waals surface area (Å²) in [7, 11) is 0.818. The highest BCUT2D eigenvalue weighted by Crippen LogP contribution is 2.25. The summed E-state index contributed by atoms with van der Waals surface area (Å²) < 4.78 is 46.3. The van der Waals surface area contributed by atoms with Crippen molar-refractivity contribution in [1.82, 2.24) is 4.98 Å². The van der Waals surface area contributed by atoms with Gasteiger partial charge in [-0.3, -0.25) is 0 Å². The molecule has 0 N–H and O–H groups in total. The Labute approximate surface area is 88.5 Å². The molecule has 0 aliphatic carbocycles. The summed E-state index contributed by atoms with van der Waals surface area (Å²) in [6.45, 7) is 0. The van der Waals surface area contributed by atoms with Crippen molar-refractivity contribution in [2.45, 2.75) is 11.3 Å². The lowest BCUT2D eigenvalue weighted by molar-refractivity contribution is 0.150. The fourth-order valence-electron chi connectivity index (χ4n) is 0.855. The lowest BCUT2D eigenvalue weighted by atomic mass is 10.2. The molecular formula is C7H3ClF2N2O2S. The van der Waals surface area contributed by atoms with Crippen molar-refractivity contribution in [3.63, 3.8) is 0 Å². The highest BCUT2D eigenvalue weighted by molar-refractivity contribution is 8.13. The molecule has 0 spiro atoms. The number of aromatic nitrogens is 1. The van der Waals surface area contributed by atoms with E-state index in [2.05, 4.69) is 4.98 Å². The quantitative estimate of drug-likeness (QED) is 0.753. The Morgan fingerprint density at radius 1 is 1.53 bits per heavy atom. The molecule has 1 heterocycles. The molecule has 8 heteroatoms. The predicted octanol–water partition coefficient (Wildman–Crippen LogP) is 1.82. The van der Waals surface area contributed by atoms with Crippen LogP contribution in [0.1, 0.15) is 17.7 Å². The Balaban J connectivity index is 3.43. The Kier molecular flexibility index (Phi) is 3.21. The molecule has 0 aromatic carbocycles. The topological polar surface area (TPSA) is 70.8 Å². The number of halogens is 3. The highest BCUT2D eigenvalue weighted by atomic mass is 35.7. The van der Waals surface area contributed by atoms with Gasteiger partial charge >= 0.3 is 0 Å². The number of nitrogens with zero attached hydrogens (tertiary/aromatic N) is 2. The van der Waals surface area contributed by atoms with Crippen molar-refractivity contribution in [2.24, 2.45) is 0 Å². The number of hydrogen-bond acceptors (Lipinski definition) is 4. The lowest BCUT2D eigenvalue weighted by Gasteiger charge is -2.02. The first-order chi connectivity index (χ1) is 6.86. The van der Waals surface area contributed by atoms with Crippen LogP contribution in [0.15, 0.2) is 17.2 Å². The molecule has 0 bridgehead atoms. The first kappa shape index (κ1) is 11.8. The minimum absolute atomic E-state index is 0.519. The summed E-state index contributed by atoms with van der Waals surface area (Å²) in [5.74, 6) is 0. The summed E-state index contributed by atoms with van der Waals surface area (Å²) in [6.07, 6.45) is -2.22. The maximum atomic E-state index is 12.4. The summed E-state index contributed by atoms with van der Waals surface area (Å²) in [5, 5.41) is 8.43. The van der Waals surface area contributed by atoms with Gasteiger partial charge in [0.15, 0.2) is 0 Å². The number of nitriles is 1. The standard InChI is InChI=1S/C7H3ClF2N2O2S/c8-15(13,14)4-1-5(7(9)10)6(2-11)12-3-4/h1,3,7H. The molecule has 15 heavy (non-hydrogen) atoms. The Morgan fingerprint density at radius 3 is 2.53 bits per heavy atom. The van der Waals surface area contributed by atoms with Crippen LogP contribution in [0.3, 0.4) is 0 Å². The Morgan fingerprint density at radius 2 is 2.13 bits per heavy atom. The van der Waals surface area contributed by atoms with Gasteiger partial charge in [-0.1, -0.05) is 0 Å². The van der Waals surface area contributed by atoms with Crippen molar-refractivity contribution in [3.8, 4) is 6.07 Å². The van der Waals surface area contributed by atoms with E-state index >= 15 is 0 Å². The van der Waals surface area contributed by atoms with Gasteiger partial charge in [0.25, 0.3) is 15.5 Å². The molecule has 4 nitrogen and oxygen atoms in total. The summed E-state index contributed by atoms with van der Waals surface area (Å²) >= 11 is 0. The zero-order chi connectivity index (χ0) is 11.6. The minimum atomic E-state index is -4.12. The smallest absolute Gasteiger partial charge is 0.244 e. The zero-order valence-electron chi connectivity index (χ0n) is 6.99.